The number of piperidine rings is 1. The van der Waals surface area contributed by atoms with Crippen molar-refractivity contribution in [3.63, 3.8) is 0 Å². The summed E-state index contributed by atoms with van der Waals surface area (Å²) in [5, 5.41) is 3.15. The van der Waals surface area contributed by atoms with Crippen LogP contribution in [0.2, 0.25) is 0 Å². The Bertz CT molecular complexity index is 724. The fourth-order valence-electron chi connectivity index (χ4n) is 4.92. The Morgan fingerprint density at radius 2 is 1.84 bits per heavy atom. The van der Waals surface area contributed by atoms with Gasteiger partial charge < -0.3 is 15.0 Å². The number of carbonyl (C=O) groups is 2. The lowest BCUT2D eigenvalue weighted by Crippen LogP contribution is -2.51. The molecule has 172 valence electrons. The Morgan fingerprint density at radius 3 is 2.58 bits per heavy atom. The second-order valence-corrected chi connectivity index (χ2v) is 8.90. The van der Waals surface area contributed by atoms with Crippen LogP contribution in [0.4, 0.5) is 0 Å². The van der Waals surface area contributed by atoms with Gasteiger partial charge in [-0.05, 0) is 70.7 Å². The summed E-state index contributed by atoms with van der Waals surface area (Å²) in [5.74, 6) is 1.30. The molecule has 0 radical (unpaired) electrons. The molecule has 0 aromatic heterocycles. The number of hydrogen-bond donors (Lipinski definition) is 1. The average Bonchev–Trinajstić information content (AvgIpc) is 2.80. The van der Waals surface area contributed by atoms with Crippen LogP contribution in [-0.2, 0) is 16.0 Å². The third-order valence-corrected chi connectivity index (χ3v) is 6.99. The number of likely N-dealkylation sites (tertiary alicyclic amines) is 1. The molecule has 0 aliphatic carbocycles. The average molecular weight is 430 g/mol. The van der Waals surface area contributed by atoms with Crippen molar-refractivity contribution >= 4 is 11.8 Å². The summed E-state index contributed by atoms with van der Waals surface area (Å²) < 4.78 is 5.96. The van der Waals surface area contributed by atoms with Crippen LogP contribution in [0.3, 0.4) is 0 Å². The number of benzene rings is 1. The van der Waals surface area contributed by atoms with E-state index in [2.05, 4.69) is 22.3 Å². The van der Waals surface area contributed by atoms with Crippen molar-refractivity contribution in [2.24, 2.45) is 5.41 Å². The second-order valence-electron chi connectivity index (χ2n) is 8.90. The van der Waals surface area contributed by atoms with Crippen LogP contribution in [0.15, 0.2) is 24.3 Å². The minimum absolute atomic E-state index is 0.165. The first-order valence-electron chi connectivity index (χ1n) is 12.1. The van der Waals surface area contributed by atoms with Gasteiger partial charge in [0.25, 0.3) is 0 Å². The van der Waals surface area contributed by atoms with Gasteiger partial charge in [-0.2, -0.15) is 0 Å². The lowest BCUT2D eigenvalue weighted by molar-refractivity contribution is -0.136. The van der Waals surface area contributed by atoms with Crippen molar-refractivity contribution in [3.05, 3.63) is 29.8 Å². The molecule has 6 nitrogen and oxygen atoms in total. The number of nitrogens with one attached hydrogen (secondary N) is 1. The highest BCUT2D eigenvalue weighted by atomic mass is 16.5. The number of likely N-dealkylation sites (N-methyl/N-ethyl adjacent to an activating group) is 1. The Labute approximate surface area is 187 Å². The Kier molecular flexibility index (Phi) is 8.76. The second kappa shape index (κ2) is 11.5. The van der Waals surface area contributed by atoms with Crippen LogP contribution < -0.4 is 10.1 Å². The monoisotopic (exact) mass is 429 g/mol. The number of aryl methyl sites for hydroxylation is 1. The third kappa shape index (κ3) is 6.22. The third-order valence-electron chi connectivity index (χ3n) is 6.99. The van der Waals surface area contributed by atoms with Gasteiger partial charge in [-0.3, -0.25) is 14.5 Å². The summed E-state index contributed by atoms with van der Waals surface area (Å²) in [6, 6.07) is 8.23. The molecule has 1 aromatic rings. The number of amides is 2. The first-order chi connectivity index (χ1) is 15.1. The SMILES string of the molecule is CCN(CC)C(=O)CN1CCC2(CCCCCc3ccccc3OCCNC2=O)CC1. The molecular weight excluding hydrogens is 390 g/mol. The van der Waals surface area contributed by atoms with E-state index in [1.807, 2.05) is 30.9 Å². The van der Waals surface area contributed by atoms with Crippen molar-refractivity contribution in [2.75, 3.05) is 45.9 Å². The van der Waals surface area contributed by atoms with Crippen LogP contribution in [0.1, 0.15) is 57.9 Å². The number of ether oxygens (including phenoxy) is 1. The standard InChI is InChI=1S/C25H39N3O3/c1-3-28(4-2)23(29)20-27-17-14-25(15-18-27)13-9-5-6-10-21-11-7-8-12-22(21)31-19-16-26-24(25)30/h7-8,11-12H,3-6,9-10,13-20H2,1-2H3,(H,26,30). The molecule has 1 aromatic carbocycles. The Balaban J connectivity index is 1.58. The molecule has 1 saturated heterocycles. The molecule has 0 saturated carbocycles. The Morgan fingerprint density at radius 1 is 1.10 bits per heavy atom. The van der Waals surface area contributed by atoms with Crippen LogP contribution in [-0.4, -0.2) is 67.5 Å². The fourth-order valence-corrected chi connectivity index (χ4v) is 4.92. The van der Waals surface area contributed by atoms with Crippen molar-refractivity contribution in [2.45, 2.75) is 58.8 Å². The van der Waals surface area contributed by atoms with E-state index in [0.29, 0.717) is 19.7 Å². The Hall–Kier alpha value is -2.08. The molecule has 1 fully saturated rings. The summed E-state index contributed by atoms with van der Waals surface area (Å²) >= 11 is 0. The zero-order valence-electron chi connectivity index (χ0n) is 19.3. The lowest BCUT2D eigenvalue weighted by atomic mass is 9.73. The van der Waals surface area contributed by atoms with Gasteiger partial charge in [-0.25, -0.2) is 0 Å². The zero-order chi connectivity index (χ0) is 22.1. The van der Waals surface area contributed by atoms with Crippen LogP contribution in [0, 0.1) is 5.41 Å². The maximum atomic E-state index is 13.2. The van der Waals surface area contributed by atoms with E-state index in [4.69, 9.17) is 4.74 Å². The molecule has 2 aliphatic rings. The fraction of sp³-hybridized carbons (Fsp3) is 0.680. The maximum Gasteiger partial charge on any atom is 0.236 e. The molecule has 0 bridgehead atoms. The number of nitrogens with zero attached hydrogens (tertiary/aromatic N) is 2. The molecule has 0 unspecified atom stereocenters. The summed E-state index contributed by atoms with van der Waals surface area (Å²) in [6.07, 6.45) is 6.90. The summed E-state index contributed by atoms with van der Waals surface area (Å²) in [6.45, 7) is 8.64. The largest absolute Gasteiger partial charge is 0.491 e. The topological polar surface area (TPSA) is 61.9 Å². The predicted molar refractivity (Wildman–Crippen MR) is 123 cm³/mol. The van der Waals surface area contributed by atoms with Crippen LogP contribution in [0.5, 0.6) is 5.75 Å². The summed E-state index contributed by atoms with van der Waals surface area (Å²) in [4.78, 5) is 29.8. The molecule has 3 rings (SSSR count). The number of fused-ring (bicyclic) bond motifs is 1. The van der Waals surface area contributed by atoms with Gasteiger partial charge >= 0.3 is 0 Å². The van der Waals surface area contributed by atoms with Gasteiger partial charge in [0, 0.05) is 13.1 Å². The van der Waals surface area contributed by atoms with Crippen molar-refractivity contribution in [1.82, 2.24) is 15.1 Å². The van der Waals surface area contributed by atoms with Gasteiger partial charge in [-0.15, -0.1) is 0 Å². The minimum Gasteiger partial charge on any atom is -0.491 e. The van der Waals surface area contributed by atoms with Gasteiger partial charge in [0.2, 0.25) is 11.8 Å². The van der Waals surface area contributed by atoms with Crippen molar-refractivity contribution < 1.29 is 14.3 Å². The van der Waals surface area contributed by atoms with Crippen molar-refractivity contribution in [1.29, 1.82) is 0 Å². The number of rotatable bonds is 4. The summed E-state index contributed by atoms with van der Waals surface area (Å²) in [5.41, 5.74) is 0.948. The van der Waals surface area contributed by atoms with E-state index in [1.165, 1.54) is 5.56 Å². The first-order valence-corrected chi connectivity index (χ1v) is 12.1. The molecule has 2 aliphatic heterocycles. The van der Waals surface area contributed by atoms with E-state index in [9.17, 15) is 9.59 Å². The van der Waals surface area contributed by atoms with E-state index in [-0.39, 0.29) is 17.2 Å². The van der Waals surface area contributed by atoms with E-state index in [0.717, 1.165) is 76.9 Å². The molecule has 2 amide bonds. The minimum atomic E-state index is -0.310. The highest BCUT2D eigenvalue weighted by Crippen LogP contribution is 2.37. The van der Waals surface area contributed by atoms with Gasteiger partial charge in [0.05, 0.1) is 18.5 Å². The molecule has 1 N–H and O–H groups in total. The zero-order valence-corrected chi connectivity index (χ0v) is 19.3. The van der Waals surface area contributed by atoms with E-state index < -0.39 is 0 Å². The van der Waals surface area contributed by atoms with E-state index >= 15 is 0 Å². The van der Waals surface area contributed by atoms with Crippen LogP contribution in [0.25, 0.3) is 0 Å². The molecular formula is C25H39N3O3. The molecule has 0 atom stereocenters. The van der Waals surface area contributed by atoms with Crippen LogP contribution >= 0.6 is 0 Å². The molecule has 1 spiro atoms. The van der Waals surface area contributed by atoms with E-state index in [1.54, 1.807) is 0 Å². The van der Waals surface area contributed by atoms with Gasteiger partial charge in [0.15, 0.2) is 0 Å². The predicted octanol–water partition coefficient (Wildman–Crippen LogP) is 3.25. The maximum absolute atomic E-state index is 13.2. The summed E-state index contributed by atoms with van der Waals surface area (Å²) in [7, 11) is 0. The molecule has 2 heterocycles. The highest BCUT2D eigenvalue weighted by Gasteiger charge is 2.41. The first kappa shape index (κ1) is 23.6. The lowest BCUT2D eigenvalue weighted by Gasteiger charge is -2.41. The van der Waals surface area contributed by atoms with Gasteiger partial charge in [0.1, 0.15) is 12.4 Å². The molecule has 31 heavy (non-hydrogen) atoms. The number of hydrogen-bond acceptors (Lipinski definition) is 4. The van der Waals surface area contributed by atoms with Crippen molar-refractivity contribution in [3.8, 4) is 5.75 Å². The normalized spacial score (nSPS) is 20.4. The number of para-hydroxylation sites is 1. The van der Waals surface area contributed by atoms with Gasteiger partial charge in [-0.1, -0.05) is 31.0 Å². The number of carbonyl (C=O) groups excluding carboxylic acids is 2. The highest BCUT2D eigenvalue weighted by molar-refractivity contribution is 5.83. The smallest absolute Gasteiger partial charge is 0.236 e. The quantitative estimate of drug-likeness (QED) is 0.798. The molecule has 6 heteroatoms.